The van der Waals surface area contributed by atoms with Crippen molar-refractivity contribution in [3.05, 3.63) is 33.8 Å². The zero-order chi connectivity index (χ0) is 14.4. The first-order chi connectivity index (χ1) is 8.95. The molecule has 0 aliphatic carbocycles. The molecule has 2 atom stereocenters. The van der Waals surface area contributed by atoms with Gasteiger partial charge in [-0.15, -0.1) is 0 Å². The summed E-state index contributed by atoms with van der Waals surface area (Å²) in [6, 6.07) is 6.52. The summed E-state index contributed by atoms with van der Waals surface area (Å²) < 4.78 is 0. The molecule has 0 spiro atoms. The van der Waals surface area contributed by atoms with E-state index >= 15 is 0 Å². The van der Waals surface area contributed by atoms with Gasteiger partial charge in [-0.3, -0.25) is 0 Å². The molecule has 0 bridgehead atoms. The molecule has 108 valence electrons. The van der Waals surface area contributed by atoms with E-state index in [1.807, 2.05) is 12.1 Å². The Balaban J connectivity index is 2.90. The van der Waals surface area contributed by atoms with Crippen LogP contribution in [0.15, 0.2) is 18.2 Å². The maximum absolute atomic E-state index is 6.15. The highest BCUT2D eigenvalue weighted by molar-refractivity contribution is 6.42. The van der Waals surface area contributed by atoms with Crippen LogP contribution in [0.5, 0.6) is 0 Å². The number of benzene rings is 1. The van der Waals surface area contributed by atoms with E-state index in [4.69, 9.17) is 23.2 Å². The predicted octanol–water partition coefficient (Wildman–Crippen LogP) is 5.51. The van der Waals surface area contributed by atoms with Gasteiger partial charge in [-0.1, -0.05) is 69.8 Å². The number of rotatable bonds is 7. The van der Waals surface area contributed by atoms with Gasteiger partial charge in [0.25, 0.3) is 0 Å². The number of halogens is 2. The lowest BCUT2D eigenvalue weighted by Gasteiger charge is -2.26. The van der Waals surface area contributed by atoms with Gasteiger partial charge in [0.1, 0.15) is 0 Å². The fraction of sp³-hybridized carbons (Fsp3) is 0.625. The standard InChI is InChI=1S/C16H25Cl2N/c1-5-6-12(4)14(10-19-11(2)3)13-7-8-15(17)16(18)9-13/h7-9,11-12,14,19H,5-6,10H2,1-4H3. The summed E-state index contributed by atoms with van der Waals surface area (Å²) in [4.78, 5) is 0. The summed E-state index contributed by atoms with van der Waals surface area (Å²) >= 11 is 12.2. The van der Waals surface area contributed by atoms with Crippen molar-refractivity contribution >= 4 is 23.2 Å². The van der Waals surface area contributed by atoms with Crippen LogP contribution >= 0.6 is 23.2 Å². The summed E-state index contributed by atoms with van der Waals surface area (Å²) in [6.45, 7) is 9.89. The van der Waals surface area contributed by atoms with Crippen molar-refractivity contribution in [3.8, 4) is 0 Å². The van der Waals surface area contributed by atoms with Crippen LogP contribution in [0.3, 0.4) is 0 Å². The third-order valence-electron chi connectivity index (χ3n) is 3.55. The highest BCUT2D eigenvalue weighted by Crippen LogP contribution is 2.32. The Bertz CT molecular complexity index is 390. The lowest BCUT2D eigenvalue weighted by atomic mass is 9.84. The minimum Gasteiger partial charge on any atom is -0.314 e. The highest BCUT2D eigenvalue weighted by atomic mass is 35.5. The molecule has 1 N–H and O–H groups in total. The van der Waals surface area contributed by atoms with Gasteiger partial charge in [0.05, 0.1) is 10.0 Å². The summed E-state index contributed by atoms with van der Waals surface area (Å²) in [5, 5.41) is 4.82. The first-order valence-corrected chi connectivity index (χ1v) is 7.89. The Morgan fingerprint density at radius 2 is 1.79 bits per heavy atom. The van der Waals surface area contributed by atoms with Crippen LogP contribution in [-0.4, -0.2) is 12.6 Å². The summed E-state index contributed by atoms with van der Waals surface area (Å²) in [5.74, 6) is 1.12. The normalized spacial score (nSPS) is 14.7. The van der Waals surface area contributed by atoms with Gasteiger partial charge in [-0.05, 0) is 29.5 Å². The third-order valence-corrected chi connectivity index (χ3v) is 4.29. The zero-order valence-corrected chi connectivity index (χ0v) is 13.9. The molecule has 3 heteroatoms. The molecule has 0 radical (unpaired) electrons. The van der Waals surface area contributed by atoms with Crippen molar-refractivity contribution in [2.75, 3.05) is 6.54 Å². The van der Waals surface area contributed by atoms with Crippen LogP contribution in [0, 0.1) is 5.92 Å². The van der Waals surface area contributed by atoms with Gasteiger partial charge in [-0.25, -0.2) is 0 Å². The monoisotopic (exact) mass is 301 g/mol. The van der Waals surface area contributed by atoms with Crippen molar-refractivity contribution in [1.82, 2.24) is 5.32 Å². The molecule has 0 aliphatic rings. The van der Waals surface area contributed by atoms with E-state index < -0.39 is 0 Å². The first-order valence-electron chi connectivity index (χ1n) is 7.14. The number of nitrogens with one attached hydrogen (secondary N) is 1. The molecule has 0 fully saturated rings. The highest BCUT2D eigenvalue weighted by Gasteiger charge is 2.19. The van der Waals surface area contributed by atoms with Crippen molar-refractivity contribution in [1.29, 1.82) is 0 Å². The SMILES string of the molecule is CCCC(C)C(CNC(C)C)c1ccc(Cl)c(Cl)c1. The first kappa shape index (κ1) is 16.8. The largest absolute Gasteiger partial charge is 0.314 e. The van der Waals surface area contributed by atoms with Gasteiger partial charge in [0.2, 0.25) is 0 Å². The Kier molecular flexibility index (Phi) is 7.20. The second-order valence-electron chi connectivity index (χ2n) is 5.61. The summed E-state index contributed by atoms with van der Waals surface area (Å²) in [7, 11) is 0. The lowest BCUT2D eigenvalue weighted by Crippen LogP contribution is -2.30. The van der Waals surface area contributed by atoms with Crippen LogP contribution in [0.4, 0.5) is 0 Å². The van der Waals surface area contributed by atoms with E-state index in [9.17, 15) is 0 Å². The van der Waals surface area contributed by atoms with Crippen LogP contribution in [0.1, 0.15) is 52.0 Å². The Labute approximate surface area is 127 Å². The topological polar surface area (TPSA) is 12.0 Å². The van der Waals surface area contributed by atoms with Crippen LogP contribution in [0.25, 0.3) is 0 Å². The van der Waals surface area contributed by atoms with E-state index in [0.717, 1.165) is 6.54 Å². The van der Waals surface area contributed by atoms with Gasteiger partial charge >= 0.3 is 0 Å². The lowest BCUT2D eigenvalue weighted by molar-refractivity contribution is 0.392. The maximum atomic E-state index is 6.15. The predicted molar refractivity (Wildman–Crippen MR) is 86.4 cm³/mol. The minimum atomic E-state index is 0.483. The van der Waals surface area contributed by atoms with Crippen LogP contribution in [-0.2, 0) is 0 Å². The average Bonchev–Trinajstić information content (AvgIpc) is 2.33. The van der Waals surface area contributed by atoms with Gasteiger partial charge in [0, 0.05) is 12.6 Å². The van der Waals surface area contributed by atoms with Crippen LogP contribution in [0.2, 0.25) is 10.0 Å². The fourth-order valence-corrected chi connectivity index (χ4v) is 2.72. The maximum Gasteiger partial charge on any atom is 0.0595 e. The van der Waals surface area contributed by atoms with E-state index in [2.05, 4.69) is 39.1 Å². The Morgan fingerprint density at radius 3 is 2.32 bits per heavy atom. The number of hydrogen-bond acceptors (Lipinski definition) is 1. The summed E-state index contributed by atoms with van der Waals surface area (Å²) in [5.41, 5.74) is 1.28. The Hall–Kier alpha value is -0.240. The fourth-order valence-electron chi connectivity index (χ4n) is 2.41. The molecular formula is C16H25Cl2N. The average molecular weight is 302 g/mol. The molecule has 0 aromatic heterocycles. The molecule has 0 saturated heterocycles. The smallest absolute Gasteiger partial charge is 0.0595 e. The van der Waals surface area contributed by atoms with Crippen molar-refractivity contribution in [2.45, 2.75) is 52.5 Å². The molecule has 0 aliphatic heterocycles. The molecule has 1 rings (SSSR count). The van der Waals surface area contributed by atoms with Gasteiger partial charge in [-0.2, -0.15) is 0 Å². The molecule has 1 aromatic carbocycles. The molecular weight excluding hydrogens is 277 g/mol. The van der Waals surface area contributed by atoms with Crippen molar-refractivity contribution in [2.24, 2.45) is 5.92 Å². The quantitative estimate of drug-likeness (QED) is 0.700. The van der Waals surface area contributed by atoms with Crippen molar-refractivity contribution < 1.29 is 0 Å². The van der Waals surface area contributed by atoms with E-state index in [1.165, 1.54) is 18.4 Å². The molecule has 1 aromatic rings. The summed E-state index contributed by atoms with van der Waals surface area (Å²) in [6.07, 6.45) is 2.44. The molecule has 1 nitrogen and oxygen atoms in total. The molecule has 0 amide bonds. The Morgan fingerprint density at radius 1 is 1.11 bits per heavy atom. The second-order valence-corrected chi connectivity index (χ2v) is 6.42. The zero-order valence-electron chi connectivity index (χ0n) is 12.3. The van der Waals surface area contributed by atoms with E-state index in [-0.39, 0.29) is 0 Å². The van der Waals surface area contributed by atoms with Crippen LogP contribution < -0.4 is 5.32 Å². The molecule has 19 heavy (non-hydrogen) atoms. The van der Waals surface area contributed by atoms with Gasteiger partial charge in [0.15, 0.2) is 0 Å². The van der Waals surface area contributed by atoms with Gasteiger partial charge < -0.3 is 5.32 Å². The van der Waals surface area contributed by atoms with E-state index in [0.29, 0.717) is 27.9 Å². The third kappa shape index (κ3) is 5.33. The molecule has 0 heterocycles. The second kappa shape index (κ2) is 8.14. The molecule has 0 saturated carbocycles. The van der Waals surface area contributed by atoms with E-state index in [1.54, 1.807) is 0 Å². The minimum absolute atomic E-state index is 0.483. The van der Waals surface area contributed by atoms with Crippen molar-refractivity contribution in [3.63, 3.8) is 0 Å². The molecule has 2 unspecified atom stereocenters. The number of hydrogen-bond donors (Lipinski definition) is 1.